The molecule has 1 unspecified atom stereocenters. The number of piperidine rings is 1. The van der Waals surface area contributed by atoms with Crippen molar-refractivity contribution in [1.82, 2.24) is 19.5 Å². The summed E-state index contributed by atoms with van der Waals surface area (Å²) in [7, 11) is 7.89. The number of likely N-dealkylation sites (tertiary alicyclic amines) is 1. The number of hydrogen-bond donors (Lipinski definition) is 0. The van der Waals surface area contributed by atoms with E-state index in [1.165, 1.54) is 0 Å². The Hall–Kier alpha value is -1.56. The van der Waals surface area contributed by atoms with Gasteiger partial charge in [0.15, 0.2) is 5.65 Å². The Morgan fingerprint density at radius 3 is 3.17 bits per heavy atom. The Labute approximate surface area is 107 Å². The van der Waals surface area contributed by atoms with Crippen LogP contribution < -0.4 is 10.3 Å². The third-order valence-electron chi connectivity index (χ3n) is 3.23. The average Bonchev–Trinajstić information content (AvgIpc) is 2.71. The summed E-state index contributed by atoms with van der Waals surface area (Å²) in [5.74, 6) is 0.604. The second kappa shape index (κ2) is 4.61. The molecule has 18 heavy (non-hydrogen) atoms. The van der Waals surface area contributed by atoms with Crippen LogP contribution in [0.1, 0.15) is 12.8 Å². The van der Waals surface area contributed by atoms with E-state index in [9.17, 15) is 0 Å². The first kappa shape index (κ1) is 11.5. The van der Waals surface area contributed by atoms with Crippen molar-refractivity contribution in [2.24, 2.45) is 0 Å². The van der Waals surface area contributed by atoms with E-state index < -0.39 is 0 Å². The predicted octanol–water partition coefficient (Wildman–Crippen LogP) is -0.00390. The summed E-state index contributed by atoms with van der Waals surface area (Å²) in [4.78, 5) is 6.41. The molecule has 1 atom stereocenters. The lowest BCUT2D eigenvalue weighted by atomic mass is 10.1. The van der Waals surface area contributed by atoms with Gasteiger partial charge in [0.2, 0.25) is 5.88 Å². The van der Waals surface area contributed by atoms with Crippen LogP contribution in [0.5, 0.6) is 5.88 Å². The van der Waals surface area contributed by atoms with E-state index in [2.05, 4.69) is 22.0 Å². The highest BCUT2D eigenvalue weighted by molar-refractivity contribution is 6.30. The Morgan fingerprint density at radius 2 is 2.33 bits per heavy atom. The van der Waals surface area contributed by atoms with E-state index in [4.69, 9.17) is 12.6 Å². The molecule has 0 spiro atoms. The number of rotatable bonds is 2. The number of ether oxygens (including phenoxy) is 1. The molecule has 0 bridgehead atoms. The zero-order valence-electron chi connectivity index (χ0n) is 10.4. The maximum atomic E-state index is 5.90. The smallest absolute Gasteiger partial charge is 0.232 e. The summed E-state index contributed by atoms with van der Waals surface area (Å²) in [5, 5.41) is 4.34. The molecule has 1 aliphatic rings. The largest absolute Gasteiger partial charge is 0.472 e. The highest BCUT2D eigenvalue weighted by Crippen LogP contribution is 2.15. The molecule has 0 saturated carbocycles. The number of likely N-dealkylation sites (N-methyl/N-ethyl adjacent to an activating group) is 1. The summed E-state index contributed by atoms with van der Waals surface area (Å²) < 4.78 is 7.50. The zero-order valence-corrected chi connectivity index (χ0v) is 10.4. The first-order chi connectivity index (χ1) is 8.72. The summed E-state index contributed by atoms with van der Waals surface area (Å²) in [6.45, 7) is 2.08. The van der Waals surface area contributed by atoms with Gasteiger partial charge in [0.05, 0.1) is 0 Å². The first-order valence-electron chi connectivity index (χ1n) is 6.18. The third-order valence-corrected chi connectivity index (χ3v) is 3.23. The van der Waals surface area contributed by atoms with Crippen molar-refractivity contribution in [2.45, 2.75) is 18.9 Å². The molecule has 0 amide bonds. The number of hydrogen-bond acceptors (Lipinski definition) is 4. The molecule has 92 valence electrons. The standard InChI is InChI=1S/C12H15BN4O/c1-16-6-2-3-9(8-16)18-12-5-4-11-14-7-10(13)17(11)15-12/h4-5,7,9H,2-3,6,8H2,1H3. The monoisotopic (exact) mass is 242 g/mol. The maximum Gasteiger partial charge on any atom is 0.232 e. The van der Waals surface area contributed by atoms with Crippen LogP contribution in [0.2, 0.25) is 0 Å². The molecule has 2 aromatic heterocycles. The molecule has 1 saturated heterocycles. The number of aromatic nitrogens is 3. The Balaban J connectivity index is 1.79. The molecule has 3 heterocycles. The van der Waals surface area contributed by atoms with Crippen LogP contribution in [0.3, 0.4) is 0 Å². The van der Waals surface area contributed by atoms with Crippen molar-refractivity contribution >= 4 is 19.1 Å². The lowest BCUT2D eigenvalue weighted by molar-refractivity contribution is 0.0989. The van der Waals surface area contributed by atoms with E-state index in [1.54, 1.807) is 10.7 Å². The topological polar surface area (TPSA) is 42.7 Å². The van der Waals surface area contributed by atoms with Gasteiger partial charge in [-0.05, 0) is 32.5 Å². The van der Waals surface area contributed by atoms with Crippen molar-refractivity contribution < 1.29 is 4.74 Å². The Kier molecular flexibility index (Phi) is 2.95. The maximum absolute atomic E-state index is 5.90. The number of imidazole rings is 1. The molecule has 6 heteroatoms. The Bertz CT molecular complexity index is 556. The van der Waals surface area contributed by atoms with Crippen molar-refractivity contribution in [3.05, 3.63) is 18.3 Å². The minimum Gasteiger partial charge on any atom is -0.472 e. The Morgan fingerprint density at radius 1 is 1.44 bits per heavy atom. The summed E-state index contributed by atoms with van der Waals surface area (Å²) in [6, 6.07) is 3.71. The quantitative estimate of drug-likeness (QED) is 0.695. The second-order valence-electron chi connectivity index (χ2n) is 4.77. The minimum absolute atomic E-state index is 0.207. The molecule has 2 aromatic rings. The second-order valence-corrected chi connectivity index (χ2v) is 4.77. The summed E-state index contributed by atoms with van der Waals surface area (Å²) in [6.07, 6.45) is 4.04. The predicted molar refractivity (Wildman–Crippen MR) is 69.5 cm³/mol. The normalized spacial score (nSPS) is 21.3. The molecule has 3 rings (SSSR count). The van der Waals surface area contributed by atoms with Crippen LogP contribution in [-0.2, 0) is 0 Å². The average molecular weight is 242 g/mol. The van der Waals surface area contributed by atoms with E-state index in [0.29, 0.717) is 11.5 Å². The molecular formula is C12H15BN4O. The lowest BCUT2D eigenvalue weighted by Gasteiger charge is -2.29. The molecule has 5 nitrogen and oxygen atoms in total. The summed E-state index contributed by atoms with van der Waals surface area (Å²) >= 11 is 0. The van der Waals surface area contributed by atoms with Gasteiger partial charge >= 0.3 is 0 Å². The van der Waals surface area contributed by atoms with Gasteiger partial charge in [-0.15, -0.1) is 5.10 Å². The SMILES string of the molecule is [B]c1cnc2ccc(OC3CCCN(C)C3)nn12. The molecule has 0 aromatic carbocycles. The molecular weight excluding hydrogens is 227 g/mol. The van der Waals surface area contributed by atoms with Gasteiger partial charge in [-0.25, -0.2) is 9.50 Å². The summed E-state index contributed by atoms with van der Waals surface area (Å²) in [5.41, 5.74) is 1.26. The van der Waals surface area contributed by atoms with Gasteiger partial charge in [0.25, 0.3) is 0 Å². The number of nitrogens with zero attached hydrogens (tertiary/aromatic N) is 4. The van der Waals surface area contributed by atoms with Crippen molar-refractivity contribution in [2.75, 3.05) is 20.1 Å². The lowest BCUT2D eigenvalue weighted by Crippen LogP contribution is -2.38. The van der Waals surface area contributed by atoms with Gasteiger partial charge < -0.3 is 9.64 Å². The fourth-order valence-electron chi connectivity index (χ4n) is 2.32. The fraction of sp³-hybridized carbons (Fsp3) is 0.500. The van der Waals surface area contributed by atoms with Gasteiger partial charge in [-0.1, -0.05) is 0 Å². The van der Waals surface area contributed by atoms with E-state index in [0.717, 1.165) is 31.6 Å². The van der Waals surface area contributed by atoms with Gasteiger partial charge in [0.1, 0.15) is 14.0 Å². The van der Waals surface area contributed by atoms with Crippen molar-refractivity contribution in [3.8, 4) is 5.88 Å². The van der Waals surface area contributed by atoms with Gasteiger partial charge in [-0.2, -0.15) is 0 Å². The highest BCUT2D eigenvalue weighted by atomic mass is 16.5. The van der Waals surface area contributed by atoms with Crippen LogP contribution in [-0.4, -0.2) is 53.6 Å². The van der Waals surface area contributed by atoms with E-state index in [-0.39, 0.29) is 6.10 Å². The molecule has 1 aliphatic heterocycles. The fourth-order valence-corrected chi connectivity index (χ4v) is 2.32. The highest BCUT2D eigenvalue weighted by Gasteiger charge is 2.19. The third kappa shape index (κ3) is 2.20. The van der Waals surface area contributed by atoms with Crippen molar-refractivity contribution in [3.63, 3.8) is 0 Å². The number of fused-ring (bicyclic) bond motifs is 1. The zero-order chi connectivity index (χ0) is 12.5. The molecule has 0 aliphatic carbocycles. The van der Waals surface area contributed by atoms with Crippen LogP contribution in [0.4, 0.5) is 0 Å². The van der Waals surface area contributed by atoms with Crippen LogP contribution in [0, 0.1) is 0 Å². The van der Waals surface area contributed by atoms with Gasteiger partial charge in [-0.3, -0.25) is 0 Å². The van der Waals surface area contributed by atoms with Crippen LogP contribution in [0.25, 0.3) is 5.65 Å². The van der Waals surface area contributed by atoms with E-state index >= 15 is 0 Å². The van der Waals surface area contributed by atoms with E-state index in [1.807, 2.05) is 12.1 Å². The molecule has 1 fully saturated rings. The minimum atomic E-state index is 0.207. The van der Waals surface area contributed by atoms with Gasteiger partial charge in [0, 0.05) is 24.4 Å². The van der Waals surface area contributed by atoms with Crippen molar-refractivity contribution in [1.29, 1.82) is 0 Å². The molecule has 0 N–H and O–H groups in total. The first-order valence-corrected chi connectivity index (χ1v) is 6.18. The van der Waals surface area contributed by atoms with Crippen LogP contribution in [0.15, 0.2) is 18.3 Å². The molecule has 2 radical (unpaired) electrons. The van der Waals surface area contributed by atoms with Crippen LogP contribution >= 0.6 is 0 Å².